The van der Waals surface area contributed by atoms with E-state index in [0.29, 0.717) is 21.5 Å². The Balaban J connectivity index is 1.81. The Morgan fingerprint density at radius 2 is 1.92 bits per heavy atom. The highest BCUT2D eigenvalue weighted by atomic mass is 35.5. The summed E-state index contributed by atoms with van der Waals surface area (Å²) in [4.78, 5) is 27.8. The van der Waals surface area contributed by atoms with Crippen LogP contribution in [0.1, 0.15) is 17.3 Å². The quantitative estimate of drug-likeness (QED) is 0.672. The van der Waals surface area contributed by atoms with Crippen LogP contribution in [0.5, 0.6) is 0 Å². The number of nitrogens with one attached hydrogen (secondary N) is 2. The first-order valence-corrected chi connectivity index (χ1v) is 8.78. The highest BCUT2D eigenvalue weighted by Gasteiger charge is 2.16. The Kier molecular flexibility index (Phi) is 5.29. The molecular formula is C18H13ClFN3O2S. The summed E-state index contributed by atoms with van der Waals surface area (Å²) in [7, 11) is 0. The number of thiazole rings is 1. The van der Waals surface area contributed by atoms with Gasteiger partial charge in [-0.25, -0.2) is 9.37 Å². The molecule has 0 aliphatic heterocycles. The second-order valence-corrected chi connectivity index (χ2v) is 6.61. The minimum atomic E-state index is -0.695. The number of carbonyl (C=O) groups is 2. The molecule has 3 aromatic rings. The van der Waals surface area contributed by atoms with E-state index in [1.807, 2.05) is 18.2 Å². The van der Waals surface area contributed by atoms with Crippen molar-refractivity contribution < 1.29 is 14.0 Å². The van der Waals surface area contributed by atoms with Gasteiger partial charge in [0.2, 0.25) is 5.91 Å². The molecule has 0 atom stereocenters. The second-order valence-electron chi connectivity index (χ2n) is 5.35. The van der Waals surface area contributed by atoms with Gasteiger partial charge in [0.15, 0.2) is 5.13 Å². The number of amides is 2. The van der Waals surface area contributed by atoms with Crippen LogP contribution in [0.4, 0.5) is 15.2 Å². The Morgan fingerprint density at radius 1 is 1.15 bits per heavy atom. The molecule has 26 heavy (non-hydrogen) atoms. The monoisotopic (exact) mass is 389 g/mol. The van der Waals surface area contributed by atoms with Crippen molar-refractivity contribution in [3.8, 4) is 11.3 Å². The summed E-state index contributed by atoms with van der Waals surface area (Å²) in [5, 5.41) is 7.68. The summed E-state index contributed by atoms with van der Waals surface area (Å²) in [6.07, 6.45) is 0. The lowest BCUT2D eigenvalue weighted by molar-refractivity contribution is -0.114. The van der Waals surface area contributed by atoms with Gasteiger partial charge >= 0.3 is 0 Å². The normalized spacial score (nSPS) is 10.4. The third-order valence-electron chi connectivity index (χ3n) is 3.41. The average Bonchev–Trinajstić information content (AvgIpc) is 3.04. The number of benzene rings is 2. The van der Waals surface area contributed by atoms with Crippen LogP contribution in [-0.2, 0) is 4.79 Å². The van der Waals surface area contributed by atoms with Crippen LogP contribution in [0.2, 0.25) is 5.02 Å². The topological polar surface area (TPSA) is 71.1 Å². The van der Waals surface area contributed by atoms with E-state index in [9.17, 15) is 14.0 Å². The van der Waals surface area contributed by atoms with E-state index in [-0.39, 0.29) is 11.5 Å². The van der Waals surface area contributed by atoms with E-state index < -0.39 is 11.7 Å². The fourth-order valence-electron chi connectivity index (χ4n) is 2.27. The van der Waals surface area contributed by atoms with Crippen molar-refractivity contribution in [3.63, 3.8) is 0 Å². The molecule has 0 radical (unpaired) electrons. The number of rotatable bonds is 4. The van der Waals surface area contributed by atoms with Crippen molar-refractivity contribution in [2.24, 2.45) is 0 Å². The van der Waals surface area contributed by atoms with Crippen LogP contribution < -0.4 is 10.6 Å². The van der Waals surface area contributed by atoms with Gasteiger partial charge in [0.25, 0.3) is 5.91 Å². The van der Waals surface area contributed by atoms with Gasteiger partial charge in [-0.05, 0) is 24.3 Å². The first-order chi connectivity index (χ1) is 12.4. The number of carbonyl (C=O) groups excluding carboxylic acids is 2. The zero-order chi connectivity index (χ0) is 18.7. The molecule has 1 heterocycles. The lowest BCUT2D eigenvalue weighted by Crippen LogP contribution is -2.15. The number of aromatic nitrogens is 1. The van der Waals surface area contributed by atoms with Gasteiger partial charge in [-0.15, -0.1) is 11.3 Å². The summed E-state index contributed by atoms with van der Waals surface area (Å²) in [6.45, 7) is 1.33. The Bertz CT molecular complexity index is 990. The maximum absolute atomic E-state index is 14.0. The van der Waals surface area contributed by atoms with Crippen molar-refractivity contribution in [2.45, 2.75) is 6.92 Å². The van der Waals surface area contributed by atoms with Crippen molar-refractivity contribution in [2.75, 3.05) is 10.6 Å². The fourth-order valence-corrected chi connectivity index (χ4v) is 3.21. The third-order valence-corrected chi connectivity index (χ3v) is 4.49. The molecule has 132 valence electrons. The zero-order valence-corrected chi connectivity index (χ0v) is 15.1. The number of hydrogen-bond donors (Lipinski definition) is 2. The summed E-state index contributed by atoms with van der Waals surface area (Å²) in [5.41, 5.74) is 1.50. The molecule has 2 aromatic carbocycles. The first kappa shape index (κ1) is 18.0. The molecule has 8 heteroatoms. The lowest BCUT2D eigenvalue weighted by Gasteiger charge is -2.07. The molecule has 0 bridgehead atoms. The number of halogens is 2. The summed E-state index contributed by atoms with van der Waals surface area (Å²) in [5.74, 6) is -1.67. The van der Waals surface area contributed by atoms with Crippen LogP contribution in [0, 0.1) is 5.82 Å². The molecule has 0 saturated heterocycles. The third kappa shape index (κ3) is 4.07. The van der Waals surface area contributed by atoms with E-state index in [1.165, 1.54) is 30.4 Å². The van der Waals surface area contributed by atoms with Gasteiger partial charge in [-0.2, -0.15) is 0 Å². The van der Waals surface area contributed by atoms with E-state index in [0.717, 1.165) is 11.6 Å². The van der Waals surface area contributed by atoms with E-state index >= 15 is 0 Å². The highest BCUT2D eigenvalue weighted by molar-refractivity contribution is 7.14. The Morgan fingerprint density at radius 3 is 2.65 bits per heavy atom. The first-order valence-electron chi connectivity index (χ1n) is 7.53. The van der Waals surface area contributed by atoms with Gasteiger partial charge in [-0.1, -0.05) is 29.8 Å². The van der Waals surface area contributed by atoms with E-state index in [4.69, 9.17) is 11.6 Å². The lowest BCUT2D eigenvalue weighted by atomic mass is 10.1. The van der Waals surface area contributed by atoms with Gasteiger partial charge in [0.1, 0.15) is 5.82 Å². The Labute approximate surface area is 157 Å². The minimum absolute atomic E-state index is 0.189. The second kappa shape index (κ2) is 7.63. The van der Waals surface area contributed by atoms with Crippen molar-refractivity contribution >= 4 is 45.6 Å². The molecule has 0 aliphatic carbocycles. The smallest absolute Gasteiger partial charge is 0.260 e. The molecule has 0 fully saturated rings. The standard InChI is InChI=1S/C18H13ClFN3O2S/c1-10(24)21-11-6-7-15(20)13(8-11)17(25)23-18-22-16(9-26-18)12-4-2-3-5-14(12)19/h2-9H,1H3,(H,21,24)(H,22,23,25). The molecule has 0 unspecified atom stereocenters. The number of anilines is 2. The largest absolute Gasteiger partial charge is 0.326 e. The van der Waals surface area contributed by atoms with Crippen LogP contribution in [0.15, 0.2) is 47.8 Å². The van der Waals surface area contributed by atoms with Crippen molar-refractivity contribution in [3.05, 3.63) is 64.2 Å². The van der Waals surface area contributed by atoms with Gasteiger partial charge in [0, 0.05) is 28.6 Å². The molecule has 0 spiro atoms. The summed E-state index contributed by atoms with van der Waals surface area (Å²) in [6, 6.07) is 11.0. The molecule has 3 rings (SSSR count). The predicted octanol–water partition coefficient (Wildman–Crippen LogP) is 4.81. The summed E-state index contributed by atoms with van der Waals surface area (Å²) < 4.78 is 14.0. The molecule has 1 aromatic heterocycles. The van der Waals surface area contributed by atoms with E-state index in [2.05, 4.69) is 15.6 Å². The van der Waals surface area contributed by atoms with Gasteiger partial charge < -0.3 is 5.32 Å². The minimum Gasteiger partial charge on any atom is -0.326 e. The van der Waals surface area contributed by atoms with Crippen molar-refractivity contribution in [1.82, 2.24) is 4.98 Å². The maximum atomic E-state index is 14.0. The molecule has 2 N–H and O–H groups in total. The fraction of sp³-hybridized carbons (Fsp3) is 0.0556. The van der Waals surface area contributed by atoms with Crippen molar-refractivity contribution in [1.29, 1.82) is 0 Å². The molecular weight excluding hydrogens is 377 g/mol. The summed E-state index contributed by atoms with van der Waals surface area (Å²) >= 11 is 7.35. The molecule has 2 amide bonds. The van der Waals surface area contributed by atoms with Crippen LogP contribution in [-0.4, -0.2) is 16.8 Å². The molecule has 5 nitrogen and oxygen atoms in total. The molecule has 0 aliphatic rings. The number of hydrogen-bond acceptors (Lipinski definition) is 4. The van der Waals surface area contributed by atoms with Crippen LogP contribution >= 0.6 is 22.9 Å². The highest BCUT2D eigenvalue weighted by Crippen LogP contribution is 2.30. The van der Waals surface area contributed by atoms with E-state index in [1.54, 1.807) is 11.4 Å². The van der Waals surface area contributed by atoms with Crippen LogP contribution in [0.3, 0.4) is 0 Å². The average molecular weight is 390 g/mol. The van der Waals surface area contributed by atoms with Crippen LogP contribution in [0.25, 0.3) is 11.3 Å². The SMILES string of the molecule is CC(=O)Nc1ccc(F)c(C(=O)Nc2nc(-c3ccccc3Cl)cs2)c1. The number of nitrogens with zero attached hydrogens (tertiary/aromatic N) is 1. The van der Waals surface area contributed by atoms with Gasteiger partial charge in [-0.3, -0.25) is 14.9 Å². The molecule has 0 saturated carbocycles. The Hall–Kier alpha value is -2.77. The van der Waals surface area contributed by atoms with Gasteiger partial charge in [0.05, 0.1) is 11.3 Å². The zero-order valence-electron chi connectivity index (χ0n) is 13.5. The maximum Gasteiger partial charge on any atom is 0.260 e. The predicted molar refractivity (Wildman–Crippen MR) is 101 cm³/mol.